The Morgan fingerprint density at radius 1 is 1.07 bits per heavy atom. The van der Waals surface area contributed by atoms with Crippen molar-refractivity contribution >= 4 is 11.6 Å². The average molecular weight is 411 g/mol. The molecule has 0 aliphatic rings. The maximum Gasteiger partial charge on any atom is 0.279 e. The Kier molecular flexibility index (Phi) is 6.34. The summed E-state index contributed by atoms with van der Waals surface area (Å²) in [6.45, 7) is 7.82. The van der Waals surface area contributed by atoms with E-state index < -0.39 is 5.82 Å². The predicted octanol–water partition coefficient (Wildman–Crippen LogP) is 5.55. The van der Waals surface area contributed by atoms with Gasteiger partial charge in [-0.15, -0.1) is 0 Å². The van der Waals surface area contributed by atoms with Crippen molar-refractivity contribution in [2.75, 3.05) is 4.90 Å². The second-order valence-electron chi connectivity index (χ2n) is 7.53. The van der Waals surface area contributed by atoms with Crippen molar-refractivity contribution in [3.63, 3.8) is 0 Å². The molecule has 0 aliphatic heterocycles. The fraction of sp³-hybridized carbons (Fsp3) is 0.333. The highest BCUT2D eigenvalue weighted by Crippen LogP contribution is 2.30. The lowest BCUT2D eigenvalue weighted by atomic mass is 10.0. The molecule has 0 spiro atoms. The van der Waals surface area contributed by atoms with Crippen LogP contribution in [0.15, 0.2) is 42.5 Å². The second kappa shape index (κ2) is 8.78. The maximum atomic E-state index is 14.6. The van der Waals surface area contributed by atoms with Crippen LogP contribution in [0.4, 0.5) is 14.5 Å². The Morgan fingerprint density at radius 3 is 2.30 bits per heavy atom. The lowest BCUT2D eigenvalue weighted by Crippen LogP contribution is -2.38. The van der Waals surface area contributed by atoms with Crippen LogP contribution in [-0.4, -0.2) is 21.5 Å². The number of aromatic nitrogens is 2. The first-order valence-electron chi connectivity index (χ1n) is 10.2. The van der Waals surface area contributed by atoms with Gasteiger partial charge in [0, 0.05) is 36.5 Å². The standard InChI is InChI=1S/C24H27F2N3O/c1-6-21-23(27-22(7-2)28(21)5)24(30)29(15(3)4)18-12-13-20(26)19(14-18)16-8-10-17(25)11-9-16/h8-15H,6-7H2,1-5H3. The Balaban J connectivity index is 2.09. The smallest absolute Gasteiger partial charge is 0.279 e. The first kappa shape index (κ1) is 21.7. The van der Waals surface area contributed by atoms with Crippen molar-refractivity contribution in [3.05, 3.63) is 71.3 Å². The van der Waals surface area contributed by atoms with Crippen LogP contribution in [0, 0.1) is 11.6 Å². The molecule has 3 aromatic rings. The van der Waals surface area contributed by atoms with Crippen LogP contribution in [0.5, 0.6) is 0 Å². The first-order valence-corrected chi connectivity index (χ1v) is 10.2. The van der Waals surface area contributed by atoms with Crippen LogP contribution in [0.3, 0.4) is 0 Å². The number of carbonyl (C=O) groups is 1. The van der Waals surface area contributed by atoms with Gasteiger partial charge in [0.05, 0.1) is 0 Å². The third-order valence-corrected chi connectivity index (χ3v) is 5.28. The molecule has 1 amide bonds. The molecule has 0 saturated heterocycles. The van der Waals surface area contributed by atoms with Gasteiger partial charge < -0.3 is 9.47 Å². The Morgan fingerprint density at radius 2 is 1.73 bits per heavy atom. The van der Waals surface area contributed by atoms with Gasteiger partial charge >= 0.3 is 0 Å². The minimum atomic E-state index is -0.429. The fourth-order valence-corrected chi connectivity index (χ4v) is 3.75. The number of hydrogen-bond donors (Lipinski definition) is 0. The van der Waals surface area contributed by atoms with E-state index in [0.717, 1.165) is 17.9 Å². The molecule has 158 valence electrons. The molecule has 0 bridgehead atoms. The number of amides is 1. The molecule has 3 rings (SSSR count). The molecule has 0 unspecified atom stereocenters. The number of imidazole rings is 1. The molecule has 1 heterocycles. The Labute approximate surface area is 176 Å². The van der Waals surface area contributed by atoms with Crippen molar-refractivity contribution < 1.29 is 13.6 Å². The number of nitrogens with zero attached hydrogens (tertiary/aromatic N) is 3. The zero-order valence-electron chi connectivity index (χ0n) is 18.0. The van der Waals surface area contributed by atoms with Crippen molar-refractivity contribution in [1.82, 2.24) is 9.55 Å². The summed E-state index contributed by atoms with van der Waals surface area (Å²) in [7, 11) is 1.92. The summed E-state index contributed by atoms with van der Waals surface area (Å²) in [6.07, 6.45) is 1.41. The average Bonchev–Trinajstić information content (AvgIpc) is 3.05. The minimum absolute atomic E-state index is 0.166. The van der Waals surface area contributed by atoms with Crippen LogP contribution in [-0.2, 0) is 19.9 Å². The van der Waals surface area contributed by atoms with Crippen molar-refractivity contribution in [1.29, 1.82) is 0 Å². The number of rotatable bonds is 6. The van der Waals surface area contributed by atoms with E-state index in [9.17, 15) is 13.6 Å². The molecule has 30 heavy (non-hydrogen) atoms. The third-order valence-electron chi connectivity index (χ3n) is 5.28. The summed E-state index contributed by atoms with van der Waals surface area (Å²) in [4.78, 5) is 19.8. The van der Waals surface area contributed by atoms with E-state index in [-0.39, 0.29) is 17.8 Å². The van der Waals surface area contributed by atoms with Crippen molar-refractivity contribution in [2.24, 2.45) is 7.05 Å². The van der Waals surface area contributed by atoms with Gasteiger partial charge in [0.1, 0.15) is 23.2 Å². The molecule has 1 aromatic heterocycles. The summed E-state index contributed by atoms with van der Waals surface area (Å²) in [5.74, 6) is -0.177. The zero-order chi connectivity index (χ0) is 22.0. The van der Waals surface area contributed by atoms with E-state index in [1.165, 1.54) is 30.3 Å². The summed E-state index contributed by atoms with van der Waals surface area (Å²) in [5.41, 5.74) is 2.74. The van der Waals surface area contributed by atoms with Gasteiger partial charge in [0.2, 0.25) is 0 Å². The predicted molar refractivity (Wildman–Crippen MR) is 116 cm³/mol. The molecule has 6 heteroatoms. The molecular weight excluding hydrogens is 384 g/mol. The number of hydrogen-bond acceptors (Lipinski definition) is 2. The topological polar surface area (TPSA) is 38.1 Å². The van der Waals surface area contributed by atoms with E-state index >= 15 is 0 Å². The maximum absolute atomic E-state index is 14.6. The Hall–Kier alpha value is -3.02. The van der Waals surface area contributed by atoms with Crippen LogP contribution in [0.2, 0.25) is 0 Å². The van der Waals surface area contributed by atoms with Gasteiger partial charge in [-0.2, -0.15) is 0 Å². The number of benzene rings is 2. The van der Waals surface area contributed by atoms with E-state index in [2.05, 4.69) is 4.98 Å². The molecule has 0 saturated carbocycles. The van der Waals surface area contributed by atoms with E-state index in [1.807, 2.05) is 39.3 Å². The largest absolute Gasteiger partial charge is 0.334 e. The number of halogens is 2. The number of carbonyl (C=O) groups excluding carboxylic acids is 1. The van der Waals surface area contributed by atoms with Crippen LogP contribution < -0.4 is 4.90 Å². The van der Waals surface area contributed by atoms with Crippen molar-refractivity contribution in [3.8, 4) is 11.1 Å². The zero-order valence-corrected chi connectivity index (χ0v) is 18.0. The normalized spacial score (nSPS) is 11.2. The molecule has 0 fully saturated rings. The lowest BCUT2D eigenvalue weighted by Gasteiger charge is -2.27. The Bertz CT molecular complexity index is 1060. The van der Waals surface area contributed by atoms with Gasteiger partial charge in [0.15, 0.2) is 0 Å². The molecule has 4 nitrogen and oxygen atoms in total. The van der Waals surface area contributed by atoms with Crippen molar-refractivity contribution in [2.45, 2.75) is 46.6 Å². The minimum Gasteiger partial charge on any atom is -0.334 e. The van der Waals surface area contributed by atoms with Gasteiger partial charge in [-0.05, 0) is 56.2 Å². The molecule has 2 aromatic carbocycles. The molecular formula is C24H27F2N3O. The monoisotopic (exact) mass is 411 g/mol. The van der Waals surface area contributed by atoms with E-state index in [4.69, 9.17) is 0 Å². The van der Waals surface area contributed by atoms with Gasteiger partial charge in [0.25, 0.3) is 5.91 Å². The number of anilines is 1. The van der Waals surface area contributed by atoms with Gasteiger partial charge in [-0.3, -0.25) is 4.79 Å². The van der Waals surface area contributed by atoms with Gasteiger partial charge in [-0.1, -0.05) is 26.0 Å². The SMILES string of the molecule is CCc1nc(C(=O)N(c2ccc(F)c(-c3ccc(F)cc3)c2)C(C)C)c(CC)n1C. The van der Waals surface area contributed by atoms with Crippen LogP contribution >= 0.6 is 0 Å². The quantitative estimate of drug-likeness (QED) is 0.534. The summed E-state index contributed by atoms with van der Waals surface area (Å²) < 4.78 is 29.8. The molecule has 0 radical (unpaired) electrons. The summed E-state index contributed by atoms with van der Waals surface area (Å²) >= 11 is 0. The highest BCUT2D eigenvalue weighted by Gasteiger charge is 2.27. The molecule has 0 atom stereocenters. The molecule has 0 N–H and O–H groups in total. The van der Waals surface area contributed by atoms with E-state index in [0.29, 0.717) is 28.9 Å². The highest BCUT2D eigenvalue weighted by molar-refractivity contribution is 6.06. The van der Waals surface area contributed by atoms with Crippen LogP contribution in [0.25, 0.3) is 11.1 Å². The number of aryl methyl sites for hydroxylation is 1. The van der Waals surface area contributed by atoms with E-state index in [1.54, 1.807) is 17.0 Å². The lowest BCUT2D eigenvalue weighted by molar-refractivity contribution is 0.0974. The summed E-state index contributed by atoms with van der Waals surface area (Å²) in [5, 5.41) is 0. The summed E-state index contributed by atoms with van der Waals surface area (Å²) in [6, 6.07) is 10.0. The molecule has 0 aliphatic carbocycles. The van der Waals surface area contributed by atoms with Gasteiger partial charge in [-0.25, -0.2) is 13.8 Å². The third kappa shape index (κ3) is 3.99. The first-order chi connectivity index (χ1) is 14.3. The fourth-order valence-electron chi connectivity index (χ4n) is 3.75. The highest BCUT2D eigenvalue weighted by atomic mass is 19.1. The second-order valence-corrected chi connectivity index (χ2v) is 7.53. The van der Waals surface area contributed by atoms with Crippen LogP contribution in [0.1, 0.15) is 49.7 Å².